The van der Waals surface area contributed by atoms with Crippen molar-refractivity contribution >= 4 is 23.5 Å². The molecule has 0 saturated heterocycles. The number of amides is 1. The highest BCUT2D eigenvalue weighted by molar-refractivity contribution is 6.34. The fourth-order valence-electron chi connectivity index (χ4n) is 2.63. The second-order valence-electron chi connectivity index (χ2n) is 6.39. The first kappa shape index (κ1) is 22.6. The van der Waals surface area contributed by atoms with Gasteiger partial charge in [-0.2, -0.15) is 4.99 Å². The number of aliphatic imine (C=N–C) groups is 1. The zero-order chi connectivity index (χ0) is 21.2. The lowest BCUT2D eigenvalue weighted by atomic mass is 10.1. The average Bonchev–Trinajstić information content (AvgIpc) is 2.74. The quantitative estimate of drug-likeness (QED) is 0.468. The van der Waals surface area contributed by atoms with Crippen LogP contribution in [0.5, 0.6) is 11.5 Å². The molecule has 0 aliphatic carbocycles. The highest BCUT2D eigenvalue weighted by Gasteiger charge is 2.15. The standard InChI is InChI=1S/C22H27ClN2O4/c1-5-14-29-22(24-21(26)17-8-6-7-9-18(17)23)25(2)13-12-16-10-11-19(27-3)20(15-16)28-4/h6-11,15H,5,12-14H2,1-4H3. The highest BCUT2D eigenvalue weighted by Crippen LogP contribution is 2.27. The molecule has 7 heteroatoms. The predicted molar refractivity (Wildman–Crippen MR) is 115 cm³/mol. The van der Waals surface area contributed by atoms with Crippen molar-refractivity contribution in [2.75, 3.05) is 34.4 Å². The third-order valence-corrected chi connectivity index (χ3v) is 4.58. The Hall–Kier alpha value is -2.73. The maximum Gasteiger partial charge on any atom is 0.295 e. The minimum absolute atomic E-state index is 0.275. The van der Waals surface area contributed by atoms with E-state index in [9.17, 15) is 4.79 Å². The number of nitrogens with zero attached hydrogens (tertiary/aromatic N) is 2. The van der Waals surface area contributed by atoms with E-state index in [2.05, 4.69) is 4.99 Å². The molecular weight excluding hydrogens is 392 g/mol. The van der Waals surface area contributed by atoms with Crippen LogP contribution in [0, 0.1) is 0 Å². The van der Waals surface area contributed by atoms with Crippen molar-refractivity contribution in [3.8, 4) is 11.5 Å². The Morgan fingerprint density at radius 1 is 1.10 bits per heavy atom. The molecule has 0 aromatic heterocycles. The molecule has 0 atom stereocenters. The summed E-state index contributed by atoms with van der Waals surface area (Å²) in [5.41, 5.74) is 1.42. The van der Waals surface area contributed by atoms with Crippen molar-refractivity contribution < 1.29 is 19.0 Å². The largest absolute Gasteiger partial charge is 0.493 e. The smallest absolute Gasteiger partial charge is 0.295 e. The lowest BCUT2D eigenvalue weighted by molar-refractivity contribution is 0.0994. The molecule has 1 amide bonds. The maximum absolute atomic E-state index is 12.6. The lowest BCUT2D eigenvalue weighted by Crippen LogP contribution is -2.32. The molecule has 0 bridgehead atoms. The summed E-state index contributed by atoms with van der Waals surface area (Å²) in [6, 6.07) is 12.9. The zero-order valence-corrected chi connectivity index (χ0v) is 18.0. The highest BCUT2D eigenvalue weighted by atomic mass is 35.5. The van der Waals surface area contributed by atoms with Gasteiger partial charge in [-0.05, 0) is 42.7 Å². The van der Waals surface area contributed by atoms with Crippen LogP contribution in [0.2, 0.25) is 5.02 Å². The van der Waals surface area contributed by atoms with Gasteiger partial charge in [0.2, 0.25) is 0 Å². The number of ether oxygens (including phenoxy) is 3. The molecule has 0 fully saturated rings. The molecule has 0 saturated carbocycles. The van der Waals surface area contributed by atoms with Gasteiger partial charge in [-0.3, -0.25) is 4.79 Å². The van der Waals surface area contributed by atoms with E-state index in [0.29, 0.717) is 41.7 Å². The summed E-state index contributed by atoms with van der Waals surface area (Å²) >= 11 is 6.11. The van der Waals surface area contributed by atoms with Crippen LogP contribution >= 0.6 is 11.6 Å². The van der Waals surface area contributed by atoms with Crippen LogP contribution in [0.3, 0.4) is 0 Å². The van der Waals surface area contributed by atoms with Crippen LogP contribution in [0.4, 0.5) is 0 Å². The van der Waals surface area contributed by atoms with E-state index in [1.807, 2.05) is 37.1 Å². The average molecular weight is 419 g/mol. The number of carbonyl (C=O) groups is 1. The van der Waals surface area contributed by atoms with Crippen LogP contribution in [0.25, 0.3) is 0 Å². The number of methoxy groups -OCH3 is 2. The Kier molecular flexibility index (Phi) is 8.80. The number of hydrogen-bond acceptors (Lipinski definition) is 4. The van der Waals surface area contributed by atoms with Gasteiger partial charge in [-0.15, -0.1) is 0 Å². The first-order chi connectivity index (χ1) is 14.0. The molecule has 29 heavy (non-hydrogen) atoms. The summed E-state index contributed by atoms with van der Waals surface area (Å²) in [7, 11) is 5.06. The van der Waals surface area contributed by atoms with Crippen LogP contribution in [-0.4, -0.2) is 51.2 Å². The second kappa shape index (κ2) is 11.3. The zero-order valence-electron chi connectivity index (χ0n) is 17.3. The number of benzene rings is 2. The van der Waals surface area contributed by atoms with Gasteiger partial charge in [-0.25, -0.2) is 0 Å². The maximum atomic E-state index is 12.6. The molecule has 0 heterocycles. The van der Waals surface area contributed by atoms with Gasteiger partial charge in [0, 0.05) is 13.6 Å². The minimum atomic E-state index is -0.431. The Labute approximate surface area is 177 Å². The molecular formula is C22H27ClN2O4. The third-order valence-electron chi connectivity index (χ3n) is 4.25. The molecule has 2 aromatic rings. The second-order valence-corrected chi connectivity index (χ2v) is 6.80. The molecule has 6 nitrogen and oxygen atoms in total. The molecule has 2 rings (SSSR count). The Morgan fingerprint density at radius 3 is 2.48 bits per heavy atom. The van der Waals surface area contributed by atoms with E-state index in [4.69, 9.17) is 25.8 Å². The van der Waals surface area contributed by atoms with Gasteiger partial charge in [0.15, 0.2) is 11.5 Å². The van der Waals surface area contributed by atoms with Crippen molar-refractivity contribution in [1.29, 1.82) is 0 Å². The minimum Gasteiger partial charge on any atom is -0.493 e. The number of halogens is 1. The lowest BCUT2D eigenvalue weighted by Gasteiger charge is -2.21. The number of rotatable bonds is 8. The van der Waals surface area contributed by atoms with Gasteiger partial charge < -0.3 is 19.1 Å². The summed E-state index contributed by atoms with van der Waals surface area (Å²) in [4.78, 5) is 18.6. The van der Waals surface area contributed by atoms with Crippen LogP contribution in [0.15, 0.2) is 47.5 Å². The molecule has 0 radical (unpaired) electrons. The Morgan fingerprint density at radius 2 is 1.83 bits per heavy atom. The van der Waals surface area contributed by atoms with Crippen LogP contribution in [0.1, 0.15) is 29.3 Å². The van der Waals surface area contributed by atoms with E-state index in [-0.39, 0.29) is 6.02 Å². The van der Waals surface area contributed by atoms with Gasteiger partial charge in [0.05, 0.1) is 31.4 Å². The van der Waals surface area contributed by atoms with Gasteiger partial charge in [0.1, 0.15) is 0 Å². The first-order valence-electron chi connectivity index (χ1n) is 9.42. The third kappa shape index (κ3) is 6.39. The normalized spacial score (nSPS) is 11.1. The summed E-state index contributed by atoms with van der Waals surface area (Å²) in [5.74, 6) is 0.931. The molecule has 0 aliphatic rings. The SMILES string of the molecule is CCCOC(=NC(=O)c1ccccc1Cl)N(C)CCc1ccc(OC)c(OC)c1. The molecule has 0 spiro atoms. The van der Waals surface area contributed by atoms with E-state index >= 15 is 0 Å². The Bertz CT molecular complexity index is 854. The van der Waals surface area contributed by atoms with Gasteiger partial charge in [0.25, 0.3) is 11.9 Å². The molecule has 2 aromatic carbocycles. The van der Waals surface area contributed by atoms with Crippen molar-refractivity contribution in [2.24, 2.45) is 4.99 Å². The van der Waals surface area contributed by atoms with Crippen molar-refractivity contribution in [3.05, 3.63) is 58.6 Å². The summed E-state index contributed by atoms with van der Waals surface area (Å²) in [6.45, 7) is 3.07. The summed E-state index contributed by atoms with van der Waals surface area (Å²) in [5, 5.41) is 0.365. The van der Waals surface area contributed by atoms with Crippen LogP contribution < -0.4 is 9.47 Å². The fraction of sp³-hybridized carbons (Fsp3) is 0.364. The van der Waals surface area contributed by atoms with E-state index in [1.165, 1.54) is 0 Å². The first-order valence-corrected chi connectivity index (χ1v) is 9.80. The van der Waals surface area contributed by atoms with E-state index in [0.717, 1.165) is 12.0 Å². The van der Waals surface area contributed by atoms with E-state index < -0.39 is 5.91 Å². The van der Waals surface area contributed by atoms with Gasteiger partial charge in [-0.1, -0.05) is 36.7 Å². The van der Waals surface area contributed by atoms with E-state index in [1.54, 1.807) is 38.5 Å². The predicted octanol–water partition coefficient (Wildman–Crippen LogP) is 4.45. The summed E-state index contributed by atoms with van der Waals surface area (Å²) in [6.07, 6.45) is 1.52. The topological polar surface area (TPSA) is 60.4 Å². The molecule has 156 valence electrons. The monoisotopic (exact) mass is 418 g/mol. The van der Waals surface area contributed by atoms with Gasteiger partial charge >= 0.3 is 0 Å². The molecule has 0 N–H and O–H groups in total. The summed E-state index contributed by atoms with van der Waals surface area (Å²) < 4.78 is 16.3. The van der Waals surface area contributed by atoms with Crippen molar-refractivity contribution in [3.63, 3.8) is 0 Å². The van der Waals surface area contributed by atoms with Crippen LogP contribution in [-0.2, 0) is 11.2 Å². The Balaban J connectivity index is 2.13. The fourth-order valence-corrected chi connectivity index (χ4v) is 2.85. The number of hydrogen-bond donors (Lipinski definition) is 0. The number of likely N-dealkylation sites (N-methyl/N-ethyl adjacent to an activating group) is 1. The number of carbonyl (C=O) groups excluding carboxylic acids is 1. The van der Waals surface area contributed by atoms with Crippen molar-refractivity contribution in [2.45, 2.75) is 19.8 Å². The number of amidine groups is 1. The van der Waals surface area contributed by atoms with Crippen molar-refractivity contribution in [1.82, 2.24) is 4.90 Å². The molecule has 0 unspecified atom stereocenters. The molecule has 0 aliphatic heterocycles.